The molecule has 1 heterocycles. The zero-order valence-electron chi connectivity index (χ0n) is 14.4. The second-order valence-corrected chi connectivity index (χ2v) is 5.79. The van der Waals surface area contributed by atoms with Gasteiger partial charge in [0, 0.05) is 39.1 Å². The minimum absolute atomic E-state index is 0.138. The topological polar surface area (TPSA) is 66.0 Å². The number of hydrogen-bond donors (Lipinski definition) is 2. The number of unbranched alkanes of at least 4 members (excludes halogenated alkanes) is 1. The number of nitrogens with zero attached hydrogens (tertiary/aromatic N) is 2. The Morgan fingerprint density at radius 1 is 1.32 bits per heavy atom. The highest BCUT2D eigenvalue weighted by molar-refractivity contribution is 5.79. The van der Waals surface area contributed by atoms with Crippen LogP contribution < -0.4 is 10.6 Å². The van der Waals surface area contributed by atoms with E-state index < -0.39 is 0 Å². The molecule has 1 aliphatic rings. The molecule has 0 unspecified atom stereocenters. The molecule has 0 radical (unpaired) electrons. The molecule has 0 aromatic rings. The fourth-order valence-electron chi connectivity index (χ4n) is 2.71. The molecule has 128 valence electrons. The molecule has 1 aliphatic heterocycles. The molecule has 1 fully saturated rings. The third-order valence-corrected chi connectivity index (χ3v) is 4.02. The normalized spacial score (nSPS) is 17.3. The highest BCUT2D eigenvalue weighted by Crippen LogP contribution is 2.10. The Balaban J connectivity index is 2.14. The molecule has 1 saturated heterocycles. The van der Waals surface area contributed by atoms with Gasteiger partial charge in [-0.3, -0.25) is 9.79 Å². The lowest BCUT2D eigenvalue weighted by Gasteiger charge is -2.32. The summed E-state index contributed by atoms with van der Waals surface area (Å²) in [5.41, 5.74) is 0. The molecule has 6 heteroatoms. The van der Waals surface area contributed by atoms with Crippen LogP contribution in [-0.4, -0.2) is 63.2 Å². The van der Waals surface area contributed by atoms with Gasteiger partial charge in [0.1, 0.15) is 0 Å². The SMILES string of the molecule is CCCN1CCC(NC(=NC)NCCCCC(=O)OC)CC1. The van der Waals surface area contributed by atoms with E-state index in [0.717, 1.165) is 25.3 Å². The first-order chi connectivity index (χ1) is 10.7. The van der Waals surface area contributed by atoms with Crippen molar-refractivity contribution in [3.05, 3.63) is 0 Å². The first-order valence-corrected chi connectivity index (χ1v) is 8.46. The number of methoxy groups -OCH3 is 1. The van der Waals surface area contributed by atoms with Gasteiger partial charge in [-0.15, -0.1) is 0 Å². The third-order valence-electron chi connectivity index (χ3n) is 4.02. The molecule has 6 nitrogen and oxygen atoms in total. The van der Waals surface area contributed by atoms with Crippen molar-refractivity contribution in [2.75, 3.05) is 40.3 Å². The third kappa shape index (κ3) is 7.64. The predicted molar refractivity (Wildman–Crippen MR) is 90.1 cm³/mol. The van der Waals surface area contributed by atoms with E-state index in [-0.39, 0.29) is 5.97 Å². The quantitative estimate of drug-likeness (QED) is 0.307. The summed E-state index contributed by atoms with van der Waals surface area (Å²) in [6, 6.07) is 0.509. The number of aliphatic imine (C=N–C) groups is 1. The van der Waals surface area contributed by atoms with Crippen molar-refractivity contribution in [3.63, 3.8) is 0 Å². The van der Waals surface area contributed by atoms with Crippen LogP contribution in [0.25, 0.3) is 0 Å². The summed E-state index contributed by atoms with van der Waals surface area (Å²) < 4.78 is 4.63. The highest BCUT2D eigenvalue weighted by atomic mass is 16.5. The van der Waals surface area contributed by atoms with Gasteiger partial charge in [-0.1, -0.05) is 6.92 Å². The largest absolute Gasteiger partial charge is 0.469 e. The zero-order valence-corrected chi connectivity index (χ0v) is 14.4. The minimum atomic E-state index is -0.138. The van der Waals surface area contributed by atoms with Crippen LogP contribution in [0.3, 0.4) is 0 Å². The maximum absolute atomic E-state index is 11.0. The van der Waals surface area contributed by atoms with E-state index in [1.54, 1.807) is 7.05 Å². The average molecular weight is 312 g/mol. The number of ether oxygens (including phenoxy) is 1. The van der Waals surface area contributed by atoms with Crippen molar-refractivity contribution in [2.24, 2.45) is 4.99 Å². The van der Waals surface area contributed by atoms with E-state index >= 15 is 0 Å². The standard InChI is InChI=1S/C16H32N4O2/c1-4-11-20-12-8-14(9-13-20)19-16(17-2)18-10-6-5-7-15(21)22-3/h14H,4-13H2,1-3H3,(H2,17,18,19). The average Bonchev–Trinajstić information content (AvgIpc) is 2.55. The summed E-state index contributed by atoms with van der Waals surface area (Å²) in [6.45, 7) is 6.60. The number of esters is 1. The van der Waals surface area contributed by atoms with Crippen molar-refractivity contribution in [3.8, 4) is 0 Å². The summed E-state index contributed by atoms with van der Waals surface area (Å²) >= 11 is 0. The van der Waals surface area contributed by atoms with Crippen LogP contribution >= 0.6 is 0 Å². The predicted octanol–water partition coefficient (Wildman–Crippen LogP) is 1.37. The van der Waals surface area contributed by atoms with E-state index in [1.807, 2.05) is 0 Å². The van der Waals surface area contributed by atoms with E-state index in [0.29, 0.717) is 12.5 Å². The van der Waals surface area contributed by atoms with Crippen LogP contribution in [0.5, 0.6) is 0 Å². The van der Waals surface area contributed by atoms with Gasteiger partial charge < -0.3 is 20.3 Å². The summed E-state index contributed by atoms with van der Waals surface area (Å²) in [6.07, 6.45) is 5.83. The summed E-state index contributed by atoms with van der Waals surface area (Å²) in [5.74, 6) is 0.730. The number of hydrogen-bond acceptors (Lipinski definition) is 4. The Morgan fingerprint density at radius 2 is 2.05 bits per heavy atom. The smallest absolute Gasteiger partial charge is 0.305 e. The van der Waals surface area contributed by atoms with E-state index in [9.17, 15) is 4.79 Å². The van der Waals surface area contributed by atoms with Crippen molar-refractivity contribution in [1.29, 1.82) is 0 Å². The van der Waals surface area contributed by atoms with Crippen molar-refractivity contribution in [1.82, 2.24) is 15.5 Å². The second kappa shape index (κ2) is 11.3. The van der Waals surface area contributed by atoms with Gasteiger partial charge >= 0.3 is 5.97 Å². The molecular weight excluding hydrogens is 280 g/mol. The molecule has 2 N–H and O–H groups in total. The molecule has 0 aliphatic carbocycles. The van der Waals surface area contributed by atoms with Crippen LogP contribution in [0.4, 0.5) is 0 Å². The zero-order chi connectivity index (χ0) is 16.2. The fourth-order valence-corrected chi connectivity index (χ4v) is 2.71. The number of carbonyl (C=O) groups excluding carboxylic acids is 1. The van der Waals surface area contributed by atoms with Crippen LogP contribution in [-0.2, 0) is 9.53 Å². The van der Waals surface area contributed by atoms with Gasteiger partial charge in [-0.05, 0) is 38.6 Å². The lowest BCUT2D eigenvalue weighted by molar-refractivity contribution is -0.140. The molecule has 0 aromatic carbocycles. The molecule has 0 spiro atoms. The molecule has 0 saturated carbocycles. The summed E-state index contributed by atoms with van der Waals surface area (Å²) in [5, 5.41) is 6.82. The molecule has 22 heavy (non-hydrogen) atoms. The minimum Gasteiger partial charge on any atom is -0.469 e. The molecule has 0 amide bonds. The summed E-state index contributed by atoms with van der Waals surface area (Å²) in [4.78, 5) is 17.8. The van der Waals surface area contributed by atoms with Crippen LogP contribution in [0.1, 0.15) is 45.4 Å². The lowest BCUT2D eigenvalue weighted by atomic mass is 10.1. The highest BCUT2D eigenvalue weighted by Gasteiger charge is 2.19. The van der Waals surface area contributed by atoms with Gasteiger partial charge in [-0.2, -0.15) is 0 Å². The lowest BCUT2D eigenvalue weighted by Crippen LogP contribution is -2.48. The first-order valence-electron chi connectivity index (χ1n) is 8.46. The second-order valence-electron chi connectivity index (χ2n) is 5.79. The maximum Gasteiger partial charge on any atom is 0.305 e. The number of piperidine rings is 1. The molecular formula is C16H32N4O2. The van der Waals surface area contributed by atoms with E-state index in [2.05, 4.69) is 32.2 Å². The number of guanidine groups is 1. The Labute approximate surface area is 134 Å². The molecule has 0 atom stereocenters. The molecule has 0 bridgehead atoms. The van der Waals surface area contributed by atoms with Crippen LogP contribution in [0.2, 0.25) is 0 Å². The Bertz CT molecular complexity index is 339. The monoisotopic (exact) mass is 312 g/mol. The van der Waals surface area contributed by atoms with E-state index in [4.69, 9.17) is 0 Å². The van der Waals surface area contributed by atoms with Crippen LogP contribution in [0, 0.1) is 0 Å². The van der Waals surface area contributed by atoms with E-state index in [1.165, 1.54) is 46.0 Å². The van der Waals surface area contributed by atoms with Crippen LogP contribution in [0.15, 0.2) is 4.99 Å². The van der Waals surface area contributed by atoms with Gasteiger partial charge in [0.15, 0.2) is 5.96 Å². The van der Waals surface area contributed by atoms with Crippen molar-refractivity contribution in [2.45, 2.75) is 51.5 Å². The Hall–Kier alpha value is -1.30. The van der Waals surface area contributed by atoms with Gasteiger partial charge in [-0.25, -0.2) is 0 Å². The van der Waals surface area contributed by atoms with Gasteiger partial charge in [0.25, 0.3) is 0 Å². The number of carbonyl (C=O) groups is 1. The fraction of sp³-hybridized carbons (Fsp3) is 0.875. The number of likely N-dealkylation sites (tertiary alicyclic amines) is 1. The molecule has 1 rings (SSSR count). The Kier molecular flexibility index (Phi) is 9.62. The van der Waals surface area contributed by atoms with Gasteiger partial charge in [0.2, 0.25) is 0 Å². The first kappa shape index (κ1) is 18.7. The maximum atomic E-state index is 11.0. The molecule has 0 aromatic heterocycles. The van der Waals surface area contributed by atoms with Gasteiger partial charge in [0.05, 0.1) is 7.11 Å². The van der Waals surface area contributed by atoms with Crippen molar-refractivity contribution < 1.29 is 9.53 Å². The number of nitrogens with one attached hydrogen (secondary N) is 2. The summed E-state index contributed by atoms with van der Waals surface area (Å²) in [7, 11) is 3.23. The Morgan fingerprint density at radius 3 is 2.64 bits per heavy atom. The van der Waals surface area contributed by atoms with Crippen molar-refractivity contribution >= 4 is 11.9 Å². The number of rotatable bonds is 8.